The van der Waals surface area contributed by atoms with Crippen LogP contribution in [0.3, 0.4) is 0 Å². The third kappa shape index (κ3) is 6.36. The molecular weight excluding hydrogens is 581 g/mol. The second-order valence-corrected chi connectivity index (χ2v) is 11.8. The standard InChI is InChI=1S/C33H39ClFN7O2/c1-9-27(44)40-14-15-41(21(6)17-40)32(36-8)24-16-25(34)30(23-12-10-11-13-26(23)35)39-33(24)42(18-43)31-28(19(2)3)37-22(7)38-29(31)20(4)5/h9-13,16,18-21H,1,14-15,17H2,2-8H3/b36-32+. The minimum atomic E-state index is -0.497. The molecule has 1 unspecified atom stereocenters. The average molecular weight is 620 g/mol. The fraction of sp³-hybridized carbons (Fsp3) is 0.394. The number of pyridine rings is 1. The van der Waals surface area contributed by atoms with E-state index in [1.54, 1.807) is 36.2 Å². The van der Waals surface area contributed by atoms with Crippen molar-refractivity contribution >= 4 is 41.3 Å². The number of benzene rings is 1. The largest absolute Gasteiger partial charge is 0.350 e. The lowest BCUT2D eigenvalue weighted by Gasteiger charge is -2.41. The molecule has 0 saturated carbocycles. The van der Waals surface area contributed by atoms with Crippen LogP contribution < -0.4 is 4.90 Å². The molecular formula is C33H39ClFN7O2. The molecule has 0 aliphatic carbocycles. The van der Waals surface area contributed by atoms with Crippen molar-refractivity contribution in [3.8, 4) is 11.3 Å². The molecule has 44 heavy (non-hydrogen) atoms. The van der Waals surface area contributed by atoms with Crippen molar-refractivity contribution in [3.63, 3.8) is 0 Å². The predicted molar refractivity (Wildman–Crippen MR) is 173 cm³/mol. The Bertz CT molecular complexity index is 1580. The van der Waals surface area contributed by atoms with Crippen LogP contribution in [0.25, 0.3) is 11.3 Å². The Balaban J connectivity index is 2.01. The number of halogens is 2. The number of aryl methyl sites for hydroxylation is 1. The number of amidine groups is 1. The molecule has 1 fully saturated rings. The van der Waals surface area contributed by atoms with Crippen LogP contribution in [0.15, 0.2) is 48.0 Å². The number of anilines is 2. The first kappa shape index (κ1) is 32.7. The van der Waals surface area contributed by atoms with Crippen LogP contribution in [-0.4, -0.2) is 75.6 Å². The van der Waals surface area contributed by atoms with Gasteiger partial charge in [-0.3, -0.25) is 19.5 Å². The van der Waals surface area contributed by atoms with E-state index in [4.69, 9.17) is 26.6 Å². The maximum atomic E-state index is 15.1. The Morgan fingerprint density at radius 1 is 1.14 bits per heavy atom. The smallest absolute Gasteiger partial charge is 0.246 e. The second kappa shape index (κ2) is 13.6. The molecule has 9 nitrogen and oxygen atoms in total. The van der Waals surface area contributed by atoms with Crippen molar-refractivity contribution in [2.45, 2.75) is 59.4 Å². The van der Waals surface area contributed by atoms with Gasteiger partial charge in [0, 0.05) is 38.3 Å². The first-order valence-corrected chi connectivity index (χ1v) is 15.0. The third-order valence-electron chi connectivity index (χ3n) is 7.64. The van der Waals surface area contributed by atoms with E-state index in [0.29, 0.717) is 60.3 Å². The van der Waals surface area contributed by atoms with Crippen LogP contribution in [-0.2, 0) is 9.59 Å². The Hall–Kier alpha value is -4.18. The van der Waals surface area contributed by atoms with Gasteiger partial charge in [0.25, 0.3) is 0 Å². The molecule has 1 aliphatic heterocycles. The number of carbonyl (C=O) groups is 2. The predicted octanol–water partition coefficient (Wildman–Crippen LogP) is 6.28. The first-order valence-electron chi connectivity index (χ1n) is 14.7. The molecule has 0 radical (unpaired) electrons. The fourth-order valence-corrected chi connectivity index (χ4v) is 5.80. The minimum Gasteiger partial charge on any atom is -0.350 e. The van der Waals surface area contributed by atoms with E-state index >= 15 is 4.39 Å². The molecule has 1 atom stereocenters. The van der Waals surface area contributed by atoms with Gasteiger partial charge >= 0.3 is 0 Å². The average Bonchev–Trinajstić information content (AvgIpc) is 2.99. The maximum Gasteiger partial charge on any atom is 0.246 e. The Labute approximate surface area is 263 Å². The van der Waals surface area contributed by atoms with Crippen LogP contribution in [0.5, 0.6) is 0 Å². The van der Waals surface area contributed by atoms with Gasteiger partial charge in [-0.2, -0.15) is 0 Å². The zero-order valence-electron chi connectivity index (χ0n) is 26.3. The highest BCUT2D eigenvalue weighted by Gasteiger charge is 2.33. The lowest BCUT2D eigenvalue weighted by molar-refractivity contribution is -0.128. The first-order chi connectivity index (χ1) is 20.9. The summed E-state index contributed by atoms with van der Waals surface area (Å²) in [4.78, 5) is 49.8. The molecule has 0 spiro atoms. The number of rotatable bonds is 8. The van der Waals surface area contributed by atoms with E-state index in [1.165, 1.54) is 17.0 Å². The van der Waals surface area contributed by atoms with Crippen molar-refractivity contribution in [1.29, 1.82) is 0 Å². The van der Waals surface area contributed by atoms with Gasteiger partial charge in [-0.1, -0.05) is 58.0 Å². The molecule has 2 aromatic heterocycles. The highest BCUT2D eigenvalue weighted by atomic mass is 35.5. The number of hydrogen-bond donors (Lipinski definition) is 0. The monoisotopic (exact) mass is 619 g/mol. The van der Waals surface area contributed by atoms with Crippen molar-refractivity contribution in [1.82, 2.24) is 24.8 Å². The van der Waals surface area contributed by atoms with Crippen LogP contribution in [0.2, 0.25) is 5.02 Å². The third-order valence-corrected chi connectivity index (χ3v) is 7.93. The van der Waals surface area contributed by atoms with Crippen LogP contribution >= 0.6 is 11.6 Å². The summed E-state index contributed by atoms with van der Waals surface area (Å²) >= 11 is 6.85. The Kier molecular flexibility index (Phi) is 10.1. The summed E-state index contributed by atoms with van der Waals surface area (Å²) in [6.45, 7) is 16.8. The number of hydrogen-bond acceptors (Lipinski definition) is 6. The number of piperazine rings is 1. The highest BCUT2D eigenvalue weighted by Crippen LogP contribution is 2.40. The summed E-state index contributed by atoms with van der Waals surface area (Å²) < 4.78 is 15.1. The summed E-state index contributed by atoms with van der Waals surface area (Å²) in [5.41, 5.74) is 2.75. The number of amides is 2. The maximum absolute atomic E-state index is 15.1. The van der Waals surface area contributed by atoms with Gasteiger partial charge in [0.1, 0.15) is 17.5 Å². The van der Waals surface area contributed by atoms with E-state index in [0.717, 1.165) is 0 Å². The summed E-state index contributed by atoms with van der Waals surface area (Å²) in [7, 11) is 1.66. The van der Waals surface area contributed by atoms with Gasteiger partial charge in [-0.25, -0.2) is 19.3 Å². The van der Waals surface area contributed by atoms with E-state index in [-0.39, 0.29) is 45.9 Å². The Morgan fingerprint density at radius 3 is 2.30 bits per heavy atom. The summed E-state index contributed by atoms with van der Waals surface area (Å²) in [5.74, 6) is 0.608. The minimum absolute atomic E-state index is 0.0525. The molecule has 1 aliphatic rings. The van der Waals surface area contributed by atoms with Gasteiger partial charge in [0.05, 0.1) is 33.4 Å². The van der Waals surface area contributed by atoms with Crippen molar-refractivity contribution in [3.05, 3.63) is 76.6 Å². The molecule has 1 aromatic carbocycles. The van der Waals surface area contributed by atoms with Crippen LogP contribution in [0.4, 0.5) is 15.9 Å². The molecule has 11 heteroatoms. The van der Waals surface area contributed by atoms with Gasteiger partial charge in [0.15, 0.2) is 5.82 Å². The molecule has 1 saturated heterocycles. The number of aliphatic imine (C=N–C) groups is 1. The molecule has 0 N–H and O–H groups in total. The fourth-order valence-electron chi connectivity index (χ4n) is 5.55. The normalized spacial score (nSPS) is 15.6. The van der Waals surface area contributed by atoms with Crippen LogP contribution in [0.1, 0.15) is 69.2 Å². The topological polar surface area (TPSA) is 94.9 Å². The van der Waals surface area contributed by atoms with Gasteiger partial charge in [-0.15, -0.1) is 0 Å². The van der Waals surface area contributed by atoms with Gasteiger partial charge < -0.3 is 9.80 Å². The van der Waals surface area contributed by atoms with Crippen molar-refractivity contribution < 1.29 is 14.0 Å². The van der Waals surface area contributed by atoms with E-state index in [1.807, 2.05) is 41.5 Å². The van der Waals surface area contributed by atoms with Crippen LogP contribution in [0, 0.1) is 12.7 Å². The Morgan fingerprint density at radius 2 is 1.77 bits per heavy atom. The second-order valence-electron chi connectivity index (χ2n) is 11.4. The van der Waals surface area contributed by atoms with Gasteiger partial charge in [-0.05, 0) is 50.0 Å². The SMILES string of the molecule is C=CC(=O)N1CCN(/C(=N/C)c2cc(Cl)c(-c3ccccc3F)nc2N(C=O)c2c(C(C)C)nc(C)nc2C(C)C)C(C)C1. The molecule has 3 heterocycles. The van der Waals surface area contributed by atoms with E-state index in [2.05, 4.69) is 16.5 Å². The quantitative estimate of drug-likeness (QED) is 0.128. The highest BCUT2D eigenvalue weighted by molar-refractivity contribution is 6.33. The summed E-state index contributed by atoms with van der Waals surface area (Å²) in [5, 5.41) is 0.197. The van der Waals surface area contributed by atoms with E-state index < -0.39 is 5.82 Å². The lowest BCUT2D eigenvalue weighted by Crippen LogP contribution is -2.55. The number of aromatic nitrogens is 3. The molecule has 3 aromatic rings. The molecule has 4 rings (SSSR count). The van der Waals surface area contributed by atoms with Crippen molar-refractivity contribution in [2.24, 2.45) is 4.99 Å². The van der Waals surface area contributed by atoms with Crippen molar-refractivity contribution in [2.75, 3.05) is 31.6 Å². The summed E-state index contributed by atoms with van der Waals surface area (Å²) in [6, 6.07) is 7.77. The van der Waals surface area contributed by atoms with Gasteiger partial charge in [0.2, 0.25) is 12.3 Å². The molecule has 232 valence electrons. The zero-order chi connectivity index (χ0) is 32.3. The zero-order valence-corrected chi connectivity index (χ0v) is 27.1. The molecule has 2 amide bonds. The number of carbonyl (C=O) groups excluding carboxylic acids is 2. The number of nitrogens with zero attached hydrogens (tertiary/aromatic N) is 7. The lowest BCUT2D eigenvalue weighted by atomic mass is 9.99. The molecule has 0 bridgehead atoms. The summed E-state index contributed by atoms with van der Waals surface area (Å²) in [6.07, 6.45) is 2.00. The van der Waals surface area contributed by atoms with E-state index in [9.17, 15) is 9.59 Å².